The Hall–Kier alpha value is -2.11. The molecule has 3 heterocycles. The number of nitrogens with zero attached hydrogens (tertiary/aromatic N) is 4. The molecule has 1 aliphatic rings. The van der Waals surface area contributed by atoms with E-state index in [4.69, 9.17) is 16.1 Å². The van der Waals surface area contributed by atoms with Gasteiger partial charge in [0.05, 0.1) is 12.6 Å². The third-order valence-electron chi connectivity index (χ3n) is 4.60. The van der Waals surface area contributed by atoms with Crippen molar-refractivity contribution < 1.29 is 4.52 Å². The highest BCUT2D eigenvalue weighted by Crippen LogP contribution is 2.33. The molecule has 1 aromatic carbocycles. The largest absolute Gasteiger partial charge is 0.353 e. The molecule has 2 aromatic heterocycles. The highest BCUT2D eigenvalue weighted by atomic mass is 35.5. The summed E-state index contributed by atoms with van der Waals surface area (Å²) >= 11 is 5.92. The van der Waals surface area contributed by atoms with Crippen LogP contribution in [0.2, 0.25) is 5.02 Å². The lowest BCUT2D eigenvalue weighted by atomic mass is 10.1. The zero-order valence-corrected chi connectivity index (χ0v) is 14.3. The van der Waals surface area contributed by atoms with Gasteiger partial charge in [-0.1, -0.05) is 16.8 Å². The average molecular weight is 343 g/mol. The monoisotopic (exact) mass is 342 g/mol. The Kier molecular flexibility index (Phi) is 4.12. The van der Waals surface area contributed by atoms with Gasteiger partial charge in [0.15, 0.2) is 0 Å². The van der Waals surface area contributed by atoms with E-state index in [2.05, 4.69) is 45.0 Å². The standard InChI is InChI=1S/C18H19ClN4O/c1-22-10-2-4-15(22)16-5-3-11-23(16)12-17-20-18(21-24-17)13-6-8-14(19)9-7-13/h2,4,6-10,16H,3,5,11-12H2,1H3/t16-/m0/s1. The summed E-state index contributed by atoms with van der Waals surface area (Å²) < 4.78 is 7.66. The van der Waals surface area contributed by atoms with Crippen LogP contribution in [0.15, 0.2) is 47.1 Å². The molecule has 0 spiro atoms. The molecule has 1 saturated heterocycles. The first kappa shape index (κ1) is 15.4. The van der Waals surface area contributed by atoms with Gasteiger partial charge in [0.2, 0.25) is 11.7 Å². The first-order chi connectivity index (χ1) is 11.7. The second kappa shape index (κ2) is 6.42. The predicted octanol–water partition coefficient (Wildman–Crippen LogP) is 4.07. The van der Waals surface area contributed by atoms with E-state index in [1.165, 1.54) is 12.1 Å². The van der Waals surface area contributed by atoms with E-state index >= 15 is 0 Å². The van der Waals surface area contributed by atoms with Gasteiger partial charge in [0.1, 0.15) is 0 Å². The summed E-state index contributed by atoms with van der Waals surface area (Å²) in [6.07, 6.45) is 4.45. The van der Waals surface area contributed by atoms with Crippen LogP contribution in [0.25, 0.3) is 11.4 Å². The van der Waals surface area contributed by atoms with E-state index in [-0.39, 0.29) is 0 Å². The fraction of sp³-hybridized carbons (Fsp3) is 0.333. The first-order valence-electron chi connectivity index (χ1n) is 8.14. The zero-order chi connectivity index (χ0) is 16.5. The minimum absolute atomic E-state index is 0.413. The van der Waals surface area contributed by atoms with Crippen molar-refractivity contribution in [1.82, 2.24) is 19.6 Å². The number of aromatic nitrogens is 3. The summed E-state index contributed by atoms with van der Waals surface area (Å²) in [5, 5.41) is 4.80. The molecule has 0 saturated carbocycles. The number of hydrogen-bond donors (Lipinski definition) is 0. The second-order valence-corrected chi connectivity index (χ2v) is 6.63. The maximum atomic E-state index is 5.92. The van der Waals surface area contributed by atoms with Gasteiger partial charge >= 0.3 is 0 Å². The van der Waals surface area contributed by atoms with Gasteiger partial charge < -0.3 is 9.09 Å². The van der Waals surface area contributed by atoms with Gasteiger partial charge in [0.25, 0.3) is 0 Å². The number of likely N-dealkylation sites (tertiary alicyclic amines) is 1. The third-order valence-corrected chi connectivity index (χ3v) is 4.85. The van der Waals surface area contributed by atoms with Gasteiger partial charge in [-0.25, -0.2) is 0 Å². The van der Waals surface area contributed by atoms with Crippen molar-refractivity contribution in [3.63, 3.8) is 0 Å². The van der Waals surface area contributed by atoms with E-state index < -0.39 is 0 Å². The van der Waals surface area contributed by atoms with Gasteiger partial charge in [-0.3, -0.25) is 4.90 Å². The molecule has 4 rings (SSSR count). The maximum Gasteiger partial charge on any atom is 0.241 e. The van der Waals surface area contributed by atoms with Crippen LogP contribution < -0.4 is 0 Å². The van der Waals surface area contributed by atoms with Gasteiger partial charge in [-0.15, -0.1) is 0 Å². The fourth-order valence-corrected chi connectivity index (χ4v) is 3.51. The number of hydrogen-bond acceptors (Lipinski definition) is 4. The average Bonchev–Trinajstić information content (AvgIpc) is 3.30. The van der Waals surface area contributed by atoms with Crippen LogP contribution in [0.5, 0.6) is 0 Å². The normalized spacial score (nSPS) is 18.3. The van der Waals surface area contributed by atoms with Crippen LogP contribution in [-0.4, -0.2) is 26.2 Å². The van der Waals surface area contributed by atoms with E-state index in [1.54, 1.807) is 0 Å². The lowest BCUT2D eigenvalue weighted by molar-refractivity contribution is 0.207. The van der Waals surface area contributed by atoms with Crippen LogP contribution in [0.1, 0.15) is 30.5 Å². The van der Waals surface area contributed by atoms with Crippen molar-refractivity contribution in [3.8, 4) is 11.4 Å². The molecular formula is C18H19ClN4O. The quantitative estimate of drug-likeness (QED) is 0.717. The zero-order valence-electron chi connectivity index (χ0n) is 13.5. The molecule has 0 amide bonds. The van der Waals surface area contributed by atoms with Crippen molar-refractivity contribution >= 4 is 11.6 Å². The van der Waals surface area contributed by atoms with Crippen molar-refractivity contribution in [2.24, 2.45) is 7.05 Å². The van der Waals surface area contributed by atoms with Gasteiger partial charge in [0, 0.05) is 29.5 Å². The lowest BCUT2D eigenvalue weighted by Crippen LogP contribution is -2.24. The van der Waals surface area contributed by atoms with Crippen molar-refractivity contribution in [3.05, 3.63) is 59.2 Å². The summed E-state index contributed by atoms with van der Waals surface area (Å²) in [7, 11) is 2.09. The highest BCUT2D eigenvalue weighted by Gasteiger charge is 2.29. The van der Waals surface area contributed by atoms with E-state index in [0.29, 0.717) is 29.3 Å². The number of benzene rings is 1. The highest BCUT2D eigenvalue weighted by molar-refractivity contribution is 6.30. The van der Waals surface area contributed by atoms with E-state index in [0.717, 1.165) is 18.5 Å². The molecule has 0 radical (unpaired) electrons. The maximum absolute atomic E-state index is 5.92. The topological polar surface area (TPSA) is 47.1 Å². The van der Waals surface area contributed by atoms with Crippen LogP contribution in [0.3, 0.4) is 0 Å². The molecule has 0 unspecified atom stereocenters. The van der Waals surface area contributed by atoms with Crippen LogP contribution in [0.4, 0.5) is 0 Å². The molecule has 124 valence electrons. The Balaban J connectivity index is 1.51. The fourth-order valence-electron chi connectivity index (χ4n) is 3.38. The molecule has 1 fully saturated rings. The second-order valence-electron chi connectivity index (χ2n) is 6.19. The SMILES string of the molecule is Cn1cccc1[C@@H]1CCCN1Cc1nc(-c2ccc(Cl)cc2)no1. The molecule has 3 aromatic rings. The minimum Gasteiger partial charge on any atom is -0.353 e. The Morgan fingerprint density at radius 2 is 2.08 bits per heavy atom. The Bertz CT molecular complexity index is 824. The van der Waals surface area contributed by atoms with Crippen LogP contribution >= 0.6 is 11.6 Å². The third kappa shape index (κ3) is 2.97. The minimum atomic E-state index is 0.413. The molecule has 5 nitrogen and oxygen atoms in total. The Morgan fingerprint density at radius 1 is 1.25 bits per heavy atom. The smallest absolute Gasteiger partial charge is 0.241 e. The lowest BCUT2D eigenvalue weighted by Gasteiger charge is -2.23. The summed E-state index contributed by atoms with van der Waals surface area (Å²) in [5.41, 5.74) is 2.25. The van der Waals surface area contributed by atoms with Crippen LogP contribution in [0, 0.1) is 0 Å². The summed E-state index contributed by atoms with van der Waals surface area (Å²) in [4.78, 5) is 6.95. The summed E-state index contributed by atoms with van der Waals surface area (Å²) in [5.74, 6) is 1.26. The van der Waals surface area contributed by atoms with Crippen molar-refractivity contribution in [1.29, 1.82) is 0 Å². The molecule has 1 aliphatic heterocycles. The number of aryl methyl sites for hydroxylation is 1. The van der Waals surface area contributed by atoms with Gasteiger partial charge in [-0.05, 0) is 55.8 Å². The summed E-state index contributed by atoms with van der Waals surface area (Å²) in [6, 6.07) is 12.2. The number of halogens is 1. The van der Waals surface area contributed by atoms with E-state index in [1.807, 2.05) is 24.3 Å². The molecule has 0 aliphatic carbocycles. The predicted molar refractivity (Wildman–Crippen MR) is 92.5 cm³/mol. The van der Waals surface area contributed by atoms with Crippen molar-refractivity contribution in [2.75, 3.05) is 6.54 Å². The van der Waals surface area contributed by atoms with Crippen molar-refractivity contribution in [2.45, 2.75) is 25.4 Å². The van der Waals surface area contributed by atoms with Gasteiger partial charge in [-0.2, -0.15) is 4.98 Å². The Morgan fingerprint density at radius 3 is 2.83 bits per heavy atom. The molecular weight excluding hydrogens is 324 g/mol. The molecule has 6 heteroatoms. The molecule has 0 bridgehead atoms. The summed E-state index contributed by atoms with van der Waals surface area (Å²) in [6.45, 7) is 1.73. The van der Waals surface area contributed by atoms with E-state index in [9.17, 15) is 0 Å². The molecule has 1 atom stereocenters. The first-order valence-corrected chi connectivity index (χ1v) is 8.52. The molecule has 0 N–H and O–H groups in total. The Labute approximate surface area is 145 Å². The molecule has 24 heavy (non-hydrogen) atoms. The number of rotatable bonds is 4. The van der Waals surface area contributed by atoms with Crippen LogP contribution in [-0.2, 0) is 13.6 Å².